The van der Waals surface area contributed by atoms with E-state index in [1.54, 1.807) is 36.4 Å². The molecule has 1 unspecified atom stereocenters. The number of rotatable bonds is 4. The topological polar surface area (TPSA) is 67.4 Å². The van der Waals surface area contributed by atoms with E-state index in [2.05, 4.69) is 10.9 Å². The first-order chi connectivity index (χ1) is 11.4. The van der Waals surface area contributed by atoms with Gasteiger partial charge in [-0.15, -0.1) is 0 Å². The van der Waals surface area contributed by atoms with Crippen LogP contribution in [0.15, 0.2) is 42.5 Å². The first kappa shape index (κ1) is 18.4. The molecule has 0 saturated heterocycles. The smallest absolute Gasteiger partial charge is 0.279 e. The SMILES string of the molecule is CC(Oc1ccc(Cl)c(Cl)c1)C(=O)NNC(=O)c1ccccc1Cl. The molecule has 1 atom stereocenters. The number of carbonyl (C=O) groups excluding carboxylic acids is 2. The Kier molecular flexibility index (Phi) is 6.31. The second-order valence-corrected chi connectivity index (χ2v) is 5.98. The highest BCUT2D eigenvalue weighted by Gasteiger charge is 2.17. The molecule has 0 aliphatic rings. The summed E-state index contributed by atoms with van der Waals surface area (Å²) in [7, 11) is 0. The number of ether oxygens (including phenoxy) is 1. The van der Waals surface area contributed by atoms with Crippen LogP contribution in [0.5, 0.6) is 5.75 Å². The molecule has 2 rings (SSSR count). The molecule has 2 aromatic carbocycles. The summed E-state index contributed by atoms with van der Waals surface area (Å²) in [5.74, 6) is -0.693. The lowest BCUT2D eigenvalue weighted by atomic mass is 10.2. The maximum absolute atomic E-state index is 12.0. The van der Waals surface area contributed by atoms with Gasteiger partial charge in [0, 0.05) is 6.07 Å². The maximum Gasteiger partial charge on any atom is 0.279 e. The Hall–Kier alpha value is -1.95. The van der Waals surface area contributed by atoms with Crippen molar-refractivity contribution in [1.29, 1.82) is 0 Å². The minimum Gasteiger partial charge on any atom is -0.481 e. The van der Waals surface area contributed by atoms with E-state index in [9.17, 15) is 9.59 Å². The van der Waals surface area contributed by atoms with Crippen LogP contribution >= 0.6 is 34.8 Å². The first-order valence-corrected chi connectivity index (χ1v) is 7.98. The number of amides is 2. The third-order valence-corrected chi connectivity index (χ3v) is 4.06. The molecule has 24 heavy (non-hydrogen) atoms. The van der Waals surface area contributed by atoms with Crippen LogP contribution in [0.1, 0.15) is 17.3 Å². The Morgan fingerprint density at radius 1 is 0.958 bits per heavy atom. The summed E-state index contributed by atoms with van der Waals surface area (Å²) in [5, 5.41) is 0.978. The van der Waals surface area contributed by atoms with Gasteiger partial charge < -0.3 is 4.74 Å². The molecule has 2 aromatic rings. The third kappa shape index (κ3) is 4.77. The van der Waals surface area contributed by atoms with Crippen molar-refractivity contribution in [3.05, 3.63) is 63.1 Å². The molecule has 0 heterocycles. The zero-order chi connectivity index (χ0) is 17.7. The maximum atomic E-state index is 12.0. The molecule has 0 bridgehead atoms. The summed E-state index contributed by atoms with van der Waals surface area (Å²) < 4.78 is 5.44. The summed E-state index contributed by atoms with van der Waals surface area (Å²) in [6.07, 6.45) is -0.867. The van der Waals surface area contributed by atoms with Crippen LogP contribution in [0.3, 0.4) is 0 Å². The Morgan fingerprint density at radius 2 is 1.67 bits per heavy atom. The molecular formula is C16H13Cl3N2O3. The third-order valence-electron chi connectivity index (χ3n) is 2.99. The first-order valence-electron chi connectivity index (χ1n) is 6.85. The van der Waals surface area contributed by atoms with Crippen molar-refractivity contribution in [3.8, 4) is 5.75 Å². The number of hydrogen-bond donors (Lipinski definition) is 2. The predicted octanol–water partition coefficient (Wildman–Crippen LogP) is 3.88. The van der Waals surface area contributed by atoms with Gasteiger partial charge in [0.1, 0.15) is 5.75 Å². The number of carbonyl (C=O) groups is 2. The summed E-state index contributed by atoms with van der Waals surface area (Å²) in [6, 6.07) is 11.1. The van der Waals surface area contributed by atoms with Crippen molar-refractivity contribution >= 4 is 46.6 Å². The number of benzene rings is 2. The number of hydrogen-bond acceptors (Lipinski definition) is 3. The van der Waals surface area contributed by atoms with Crippen molar-refractivity contribution in [3.63, 3.8) is 0 Å². The molecule has 2 N–H and O–H groups in total. The molecule has 0 radical (unpaired) electrons. The number of hydrazine groups is 1. The molecular weight excluding hydrogens is 375 g/mol. The quantitative estimate of drug-likeness (QED) is 0.783. The van der Waals surface area contributed by atoms with Crippen molar-refractivity contribution in [2.45, 2.75) is 13.0 Å². The molecule has 8 heteroatoms. The van der Waals surface area contributed by atoms with Crippen molar-refractivity contribution in [2.24, 2.45) is 0 Å². The normalized spacial score (nSPS) is 11.5. The molecule has 0 spiro atoms. The van der Waals surface area contributed by atoms with E-state index >= 15 is 0 Å². The fourth-order valence-electron chi connectivity index (χ4n) is 1.74. The van der Waals surface area contributed by atoms with E-state index in [4.69, 9.17) is 39.5 Å². The minimum absolute atomic E-state index is 0.248. The zero-order valence-electron chi connectivity index (χ0n) is 12.5. The Labute approximate surface area is 153 Å². The largest absolute Gasteiger partial charge is 0.481 e. The fourth-order valence-corrected chi connectivity index (χ4v) is 2.25. The summed E-state index contributed by atoms with van der Waals surface area (Å²) in [6.45, 7) is 1.53. The second-order valence-electron chi connectivity index (χ2n) is 4.76. The van der Waals surface area contributed by atoms with Gasteiger partial charge in [0.15, 0.2) is 6.10 Å². The van der Waals surface area contributed by atoms with Crippen LogP contribution in [-0.4, -0.2) is 17.9 Å². The monoisotopic (exact) mass is 386 g/mol. The van der Waals surface area contributed by atoms with Gasteiger partial charge in [-0.05, 0) is 31.2 Å². The summed E-state index contributed by atoms with van der Waals surface area (Å²) in [5.41, 5.74) is 4.80. The zero-order valence-corrected chi connectivity index (χ0v) is 14.7. The molecule has 0 aliphatic heterocycles. The van der Waals surface area contributed by atoms with Gasteiger partial charge in [-0.25, -0.2) is 0 Å². The van der Waals surface area contributed by atoms with E-state index in [0.29, 0.717) is 15.8 Å². The Bertz CT molecular complexity index is 768. The van der Waals surface area contributed by atoms with Crippen molar-refractivity contribution in [2.75, 3.05) is 0 Å². The van der Waals surface area contributed by atoms with Crippen LogP contribution in [0.4, 0.5) is 0 Å². The lowest BCUT2D eigenvalue weighted by Crippen LogP contribution is -2.47. The van der Waals surface area contributed by atoms with Gasteiger partial charge >= 0.3 is 0 Å². The molecule has 0 aromatic heterocycles. The molecule has 0 saturated carbocycles. The van der Waals surface area contributed by atoms with Gasteiger partial charge in [-0.1, -0.05) is 46.9 Å². The van der Waals surface area contributed by atoms with E-state index < -0.39 is 17.9 Å². The highest BCUT2D eigenvalue weighted by atomic mass is 35.5. The molecule has 126 valence electrons. The van der Waals surface area contributed by atoms with E-state index in [1.165, 1.54) is 13.0 Å². The van der Waals surface area contributed by atoms with Crippen LogP contribution in [-0.2, 0) is 4.79 Å². The van der Waals surface area contributed by atoms with Crippen LogP contribution in [0.2, 0.25) is 15.1 Å². The Morgan fingerprint density at radius 3 is 2.33 bits per heavy atom. The Balaban J connectivity index is 1.91. The molecule has 0 aliphatic carbocycles. The lowest BCUT2D eigenvalue weighted by Gasteiger charge is -2.15. The lowest BCUT2D eigenvalue weighted by molar-refractivity contribution is -0.128. The standard InChI is InChI=1S/C16H13Cl3N2O3/c1-9(24-10-6-7-13(18)14(19)8-10)15(22)20-21-16(23)11-4-2-3-5-12(11)17/h2-9H,1H3,(H,20,22)(H,21,23). The van der Waals surface area contributed by atoms with Crippen molar-refractivity contribution < 1.29 is 14.3 Å². The summed E-state index contributed by atoms with van der Waals surface area (Å²) in [4.78, 5) is 23.9. The summed E-state index contributed by atoms with van der Waals surface area (Å²) >= 11 is 17.6. The minimum atomic E-state index is -0.867. The van der Waals surface area contributed by atoms with Crippen LogP contribution < -0.4 is 15.6 Å². The van der Waals surface area contributed by atoms with Crippen molar-refractivity contribution in [1.82, 2.24) is 10.9 Å². The number of halogens is 3. The fraction of sp³-hybridized carbons (Fsp3) is 0.125. The van der Waals surface area contributed by atoms with Gasteiger partial charge in [0.05, 0.1) is 20.6 Å². The molecule has 2 amide bonds. The van der Waals surface area contributed by atoms with Crippen LogP contribution in [0.25, 0.3) is 0 Å². The van der Waals surface area contributed by atoms with Gasteiger partial charge in [-0.3, -0.25) is 20.4 Å². The molecule has 0 fully saturated rings. The number of nitrogens with one attached hydrogen (secondary N) is 2. The van der Waals surface area contributed by atoms with Gasteiger partial charge in [0.25, 0.3) is 11.8 Å². The van der Waals surface area contributed by atoms with Gasteiger partial charge in [-0.2, -0.15) is 0 Å². The molecule has 5 nitrogen and oxygen atoms in total. The highest BCUT2D eigenvalue weighted by molar-refractivity contribution is 6.42. The van der Waals surface area contributed by atoms with E-state index in [0.717, 1.165) is 0 Å². The van der Waals surface area contributed by atoms with E-state index in [-0.39, 0.29) is 10.6 Å². The predicted molar refractivity (Wildman–Crippen MR) is 93.6 cm³/mol. The van der Waals surface area contributed by atoms with Gasteiger partial charge in [0.2, 0.25) is 0 Å². The average Bonchev–Trinajstić information content (AvgIpc) is 2.56. The average molecular weight is 388 g/mol. The van der Waals surface area contributed by atoms with Crippen LogP contribution in [0, 0.1) is 0 Å². The van der Waals surface area contributed by atoms with E-state index in [1.807, 2.05) is 0 Å². The highest BCUT2D eigenvalue weighted by Crippen LogP contribution is 2.26. The second kappa shape index (κ2) is 8.24.